The predicted molar refractivity (Wildman–Crippen MR) is 141 cm³/mol. The molecule has 1 atom stereocenters. The van der Waals surface area contributed by atoms with Crippen molar-refractivity contribution in [3.8, 4) is 5.75 Å². The van der Waals surface area contributed by atoms with Crippen LogP contribution in [0.4, 0.5) is 0 Å². The molecule has 1 aliphatic rings. The molecule has 4 rings (SSSR count). The number of halogens is 1. The van der Waals surface area contributed by atoms with Crippen molar-refractivity contribution in [2.75, 3.05) is 6.61 Å². The molecule has 0 saturated heterocycles. The zero-order chi connectivity index (χ0) is 24.5. The van der Waals surface area contributed by atoms with Gasteiger partial charge in [0.05, 0.1) is 0 Å². The van der Waals surface area contributed by atoms with Crippen molar-refractivity contribution in [2.45, 2.75) is 50.7 Å². The molecule has 0 spiro atoms. The lowest BCUT2D eigenvalue weighted by molar-refractivity contribution is -0.143. The largest absolute Gasteiger partial charge is 0.484 e. The van der Waals surface area contributed by atoms with Crippen LogP contribution < -0.4 is 10.1 Å². The molecule has 5 nitrogen and oxygen atoms in total. The van der Waals surface area contributed by atoms with Gasteiger partial charge in [0.25, 0.3) is 5.91 Å². The van der Waals surface area contributed by atoms with Gasteiger partial charge in [-0.1, -0.05) is 89.4 Å². The predicted octanol–water partition coefficient (Wildman–Crippen LogP) is 5.53. The third-order valence-corrected chi connectivity index (χ3v) is 6.81. The van der Waals surface area contributed by atoms with E-state index in [-0.39, 0.29) is 24.5 Å². The van der Waals surface area contributed by atoms with E-state index in [1.54, 1.807) is 4.90 Å². The number of carbonyl (C=O) groups excluding carboxylic acids is 2. The van der Waals surface area contributed by atoms with Gasteiger partial charge in [-0.3, -0.25) is 9.59 Å². The Labute approximate surface area is 215 Å². The van der Waals surface area contributed by atoms with Crippen LogP contribution in [0.5, 0.6) is 5.75 Å². The highest BCUT2D eigenvalue weighted by atomic mass is 79.9. The number of hydrogen-bond acceptors (Lipinski definition) is 3. The third-order valence-electron chi connectivity index (χ3n) is 6.32. The van der Waals surface area contributed by atoms with Crippen LogP contribution in [0.25, 0.3) is 0 Å². The number of carbonyl (C=O) groups is 2. The minimum atomic E-state index is -0.649. The van der Waals surface area contributed by atoms with Crippen LogP contribution in [-0.4, -0.2) is 35.4 Å². The van der Waals surface area contributed by atoms with Crippen molar-refractivity contribution in [2.24, 2.45) is 0 Å². The second-order valence-electron chi connectivity index (χ2n) is 8.95. The summed E-state index contributed by atoms with van der Waals surface area (Å²) in [5, 5.41) is 3.22. The molecule has 1 fully saturated rings. The van der Waals surface area contributed by atoms with Gasteiger partial charge in [-0.05, 0) is 48.2 Å². The summed E-state index contributed by atoms with van der Waals surface area (Å²) in [7, 11) is 0. The van der Waals surface area contributed by atoms with E-state index in [0.717, 1.165) is 41.3 Å². The van der Waals surface area contributed by atoms with E-state index in [4.69, 9.17) is 4.74 Å². The number of nitrogens with zero attached hydrogens (tertiary/aromatic N) is 1. The fourth-order valence-corrected chi connectivity index (χ4v) is 4.94. The Kier molecular flexibility index (Phi) is 8.96. The summed E-state index contributed by atoms with van der Waals surface area (Å²) in [6.07, 6.45) is 4.66. The second-order valence-corrected chi connectivity index (χ2v) is 9.86. The Morgan fingerprint density at radius 3 is 2.26 bits per heavy atom. The smallest absolute Gasteiger partial charge is 0.261 e. The number of ether oxygens (including phenoxy) is 1. The normalized spacial score (nSPS) is 14.3. The average Bonchev–Trinajstić information content (AvgIpc) is 3.39. The highest BCUT2D eigenvalue weighted by molar-refractivity contribution is 9.10. The molecule has 35 heavy (non-hydrogen) atoms. The van der Waals surface area contributed by atoms with E-state index in [2.05, 4.69) is 21.2 Å². The van der Waals surface area contributed by atoms with E-state index in [9.17, 15) is 9.59 Å². The Balaban J connectivity index is 1.61. The SMILES string of the molecule is O=C(NC1CCCC1)[C@H](Cc1ccccc1)N(Cc1cccc(Br)c1)C(=O)COc1ccccc1. The Morgan fingerprint density at radius 1 is 0.914 bits per heavy atom. The number of hydrogen-bond donors (Lipinski definition) is 1. The molecule has 1 aliphatic carbocycles. The van der Waals surface area contributed by atoms with Gasteiger partial charge in [-0.2, -0.15) is 0 Å². The number of rotatable bonds is 10. The molecule has 0 heterocycles. The third kappa shape index (κ3) is 7.43. The Morgan fingerprint density at radius 2 is 1.57 bits per heavy atom. The first-order valence-corrected chi connectivity index (χ1v) is 12.9. The first-order valence-electron chi connectivity index (χ1n) is 12.1. The van der Waals surface area contributed by atoms with E-state index >= 15 is 0 Å². The van der Waals surface area contributed by atoms with Crippen molar-refractivity contribution in [3.63, 3.8) is 0 Å². The van der Waals surface area contributed by atoms with E-state index in [1.807, 2.05) is 84.9 Å². The summed E-state index contributed by atoms with van der Waals surface area (Å²) in [6.45, 7) is 0.173. The molecule has 0 aromatic heterocycles. The molecular weight excluding hydrogens is 504 g/mol. The maximum atomic E-state index is 13.6. The lowest BCUT2D eigenvalue weighted by Gasteiger charge is -2.32. The van der Waals surface area contributed by atoms with Gasteiger partial charge in [0, 0.05) is 23.5 Å². The lowest BCUT2D eigenvalue weighted by Crippen LogP contribution is -2.53. The first-order chi connectivity index (χ1) is 17.1. The van der Waals surface area contributed by atoms with Crippen LogP contribution >= 0.6 is 15.9 Å². The van der Waals surface area contributed by atoms with Crippen molar-refractivity contribution in [3.05, 3.63) is 101 Å². The quantitative estimate of drug-likeness (QED) is 0.372. The molecule has 2 amide bonds. The highest BCUT2D eigenvalue weighted by Crippen LogP contribution is 2.21. The second kappa shape index (κ2) is 12.5. The molecule has 6 heteroatoms. The van der Waals surface area contributed by atoms with Crippen LogP contribution in [0.1, 0.15) is 36.8 Å². The number of amides is 2. The van der Waals surface area contributed by atoms with Crippen LogP contribution in [0.15, 0.2) is 89.4 Å². The summed E-state index contributed by atoms with van der Waals surface area (Å²) in [4.78, 5) is 28.9. The molecule has 3 aromatic carbocycles. The lowest BCUT2D eigenvalue weighted by atomic mass is 10.0. The van der Waals surface area contributed by atoms with Crippen LogP contribution in [-0.2, 0) is 22.6 Å². The van der Waals surface area contributed by atoms with Crippen LogP contribution in [0.3, 0.4) is 0 Å². The van der Waals surface area contributed by atoms with Gasteiger partial charge >= 0.3 is 0 Å². The van der Waals surface area contributed by atoms with E-state index in [1.165, 1.54) is 0 Å². The van der Waals surface area contributed by atoms with Crippen molar-refractivity contribution >= 4 is 27.7 Å². The van der Waals surface area contributed by atoms with E-state index < -0.39 is 6.04 Å². The fourth-order valence-electron chi connectivity index (χ4n) is 4.50. The summed E-state index contributed by atoms with van der Waals surface area (Å²) >= 11 is 3.52. The molecular formula is C29H31BrN2O3. The van der Waals surface area contributed by atoms with Crippen molar-refractivity contribution < 1.29 is 14.3 Å². The average molecular weight is 535 g/mol. The molecule has 0 aliphatic heterocycles. The highest BCUT2D eigenvalue weighted by Gasteiger charge is 2.32. The molecule has 0 radical (unpaired) electrons. The molecule has 0 bridgehead atoms. The number of para-hydroxylation sites is 1. The van der Waals surface area contributed by atoms with Gasteiger partial charge < -0.3 is 15.0 Å². The number of benzene rings is 3. The van der Waals surface area contributed by atoms with E-state index in [0.29, 0.717) is 18.7 Å². The summed E-state index contributed by atoms with van der Waals surface area (Å²) in [6, 6.07) is 26.5. The minimum absolute atomic E-state index is 0.108. The molecule has 1 saturated carbocycles. The summed E-state index contributed by atoms with van der Waals surface area (Å²) in [5.41, 5.74) is 1.95. The standard InChI is InChI=1S/C29H31BrN2O3/c30-24-13-9-12-23(18-24)20-32(28(33)21-35-26-16-5-2-6-17-26)27(19-22-10-3-1-4-11-22)29(34)31-25-14-7-8-15-25/h1-6,9-13,16-18,25,27H,7-8,14-15,19-21H2,(H,31,34)/t27-/m0/s1. The summed E-state index contributed by atoms with van der Waals surface area (Å²) in [5.74, 6) is 0.290. The molecule has 1 N–H and O–H groups in total. The maximum Gasteiger partial charge on any atom is 0.261 e. The molecule has 0 unspecified atom stereocenters. The maximum absolute atomic E-state index is 13.6. The zero-order valence-corrected chi connectivity index (χ0v) is 21.3. The topological polar surface area (TPSA) is 58.6 Å². The van der Waals surface area contributed by atoms with Gasteiger partial charge in [0.15, 0.2) is 6.61 Å². The molecule has 3 aromatic rings. The minimum Gasteiger partial charge on any atom is -0.484 e. The first kappa shape index (κ1) is 25.0. The van der Waals surface area contributed by atoms with Gasteiger partial charge in [0.2, 0.25) is 5.91 Å². The van der Waals surface area contributed by atoms with Crippen LogP contribution in [0.2, 0.25) is 0 Å². The zero-order valence-electron chi connectivity index (χ0n) is 19.7. The molecule has 182 valence electrons. The number of nitrogens with one attached hydrogen (secondary N) is 1. The monoisotopic (exact) mass is 534 g/mol. The van der Waals surface area contributed by atoms with Crippen LogP contribution in [0, 0.1) is 0 Å². The summed E-state index contributed by atoms with van der Waals surface area (Å²) < 4.78 is 6.72. The van der Waals surface area contributed by atoms with Crippen molar-refractivity contribution in [1.82, 2.24) is 10.2 Å². The Bertz CT molecular complexity index is 1100. The fraction of sp³-hybridized carbons (Fsp3) is 0.310. The van der Waals surface area contributed by atoms with Gasteiger partial charge in [0.1, 0.15) is 11.8 Å². The van der Waals surface area contributed by atoms with Gasteiger partial charge in [-0.25, -0.2) is 0 Å². The van der Waals surface area contributed by atoms with Crippen molar-refractivity contribution in [1.29, 1.82) is 0 Å². The van der Waals surface area contributed by atoms with Gasteiger partial charge in [-0.15, -0.1) is 0 Å². The Hall–Kier alpha value is -3.12.